The van der Waals surface area contributed by atoms with Gasteiger partial charge >= 0.3 is 0 Å². The molecule has 0 saturated carbocycles. The van der Waals surface area contributed by atoms with Gasteiger partial charge in [-0.2, -0.15) is 0 Å². The number of methoxy groups -OCH3 is 1. The van der Waals surface area contributed by atoms with E-state index in [1.54, 1.807) is 7.11 Å². The molecule has 1 aliphatic rings. The van der Waals surface area contributed by atoms with Crippen molar-refractivity contribution in [1.82, 2.24) is 5.32 Å². The molecular weight excluding hydrogens is 126 g/mol. The molecule has 2 nitrogen and oxygen atoms in total. The first-order chi connectivity index (χ1) is 4.64. The van der Waals surface area contributed by atoms with Crippen molar-refractivity contribution in [3.63, 3.8) is 0 Å². The summed E-state index contributed by atoms with van der Waals surface area (Å²) in [6.45, 7) is 5.33. The second-order valence-electron chi connectivity index (χ2n) is 3.72. The molecule has 1 N–H and O–H groups in total. The van der Waals surface area contributed by atoms with Crippen molar-refractivity contribution in [1.29, 1.82) is 0 Å². The molecule has 1 atom stereocenters. The Hall–Kier alpha value is -0.0800. The molecule has 0 radical (unpaired) electrons. The molecule has 2 heteroatoms. The molecule has 0 aromatic heterocycles. The molecule has 0 spiro atoms. The van der Waals surface area contributed by atoms with E-state index in [9.17, 15) is 0 Å². The summed E-state index contributed by atoms with van der Waals surface area (Å²) in [5.74, 6) is 0. The van der Waals surface area contributed by atoms with Gasteiger partial charge in [-0.3, -0.25) is 0 Å². The van der Waals surface area contributed by atoms with Crippen molar-refractivity contribution in [3.8, 4) is 0 Å². The molecule has 1 fully saturated rings. The predicted octanol–water partition coefficient (Wildman–Crippen LogP) is 1.16. The van der Waals surface area contributed by atoms with Crippen LogP contribution in [-0.2, 0) is 4.74 Å². The Labute approximate surface area is 63.0 Å². The molecule has 1 heterocycles. The van der Waals surface area contributed by atoms with Gasteiger partial charge in [0.15, 0.2) is 0 Å². The first kappa shape index (κ1) is 8.02. The quantitative estimate of drug-likeness (QED) is 0.626. The molecule has 0 bridgehead atoms. The summed E-state index contributed by atoms with van der Waals surface area (Å²) in [6, 6.07) is 0.583. The standard InChI is InChI=1S/C8H17NO/c1-8(2)5-4-7(9-8)6-10-3/h7,9H,4-6H2,1-3H3. The molecule has 60 valence electrons. The first-order valence-electron chi connectivity index (χ1n) is 3.91. The highest BCUT2D eigenvalue weighted by Crippen LogP contribution is 2.21. The Balaban J connectivity index is 2.29. The second-order valence-corrected chi connectivity index (χ2v) is 3.72. The third kappa shape index (κ3) is 1.96. The summed E-state index contributed by atoms with van der Waals surface area (Å²) in [5.41, 5.74) is 0.337. The van der Waals surface area contributed by atoms with Crippen LogP contribution in [0.25, 0.3) is 0 Å². The van der Waals surface area contributed by atoms with Gasteiger partial charge < -0.3 is 10.1 Å². The molecule has 1 aliphatic heterocycles. The van der Waals surface area contributed by atoms with E-state index in [0.29, 0.717) is 11.6 Å². The van der Waals surface area contributed by atoms with Crippen molar-refractivity contribution >= 4 is 0 Å². The maximum Gasteiger partial charge on any atom is 0.0616 e. The summed E-state index contributed by atoms with van der Waals surface area (Å²) in [6.07, 6.45) is 2.52. The largest absolute Gasteiger partial charge is 0.383 e. The number of hydrogen-bond acceptors (Lipinski definition) is 2. The van der Waals surface area contributed by atoms with Crippen LogP contribution in [0.1, 0.15) is 26.7 Å². The lowest BCUT2D eigenvalue weighted by atomic mass is 10.0. The zero-order valence-corrected chi connectivity index (χ0v) is 7.11. The third-order valence-corrected chi connectivity index (χ3v) is 2.08. The minimum Gasteiger partial charge on any atom is -0.383 e. The molecule has 0 amide bonds. The minimum atomic E-state index is 0.337. The molecule has 0 aromatic rings. The van der Waals surface area contributed by atoms with Gasteiger partial charge in [-0.05, 0) is 26.7 Å². The highest BCUT2D eigenvalue weighted by Gasteiger charge is 2.29. The smallest absolute Gasteiger partial charge is 0.0616 e. The number of ether oxygens (including phenoxy) is 1. The number of rotatable bonds is 2. The Morgan fingerprint density at radius 2 is 2.30 bits per heavy atom. The SMILES string of the molecule is COCC1CCC(C)(C)N1. The Bertz CT molecular complexity index is 112. The summed E-state index contributed by atoms with van der Waals surface area (Å²) in [5, 5.41) is 3.51. The van der Waals surface area contributed by atoms with Gasteiger partial charge in [0, 0.05) is 18.7 Å². The van der Waals surface area contributed by atoms with Crippen molar-refractivity contribution in [3.05, 3.63) is 0 Å². The normalized spacial score (nSPS) is 30.9. The van der Waals surface area contributed by atoms with E-state index in [-0.39, 0.29) is 0 Å². The van der Waals surface area contributed by atoms with Crippen LogP contribution in [0.4, 0.5) is 0 Å². The molecule has 1 saturated heterocycles. The second kappa shape index (κ2) is 2.89. The maximum atomic E-state index is 5.06. The monoisotopic (exact) mass is 143 g/mol. The highest BCUT2D eigenvalue weighted by atomic mass is 16.5. The van der Waals surface area contributed by atoms with Crippen LogP contribution in [0, 0.1) is 0 Å². The molecule has 1 unspecified atom stereocenters. The van der Waals surface area contributed by atoms with E-state index in [2.05, 4.69) is 19.2 Å². The van der Waals surface area contributed by atoms with E-state index in [0.717, 1.165) is 6.61 Å². The Morgan fingerprint density at radius 3 is 2.70 bits per heavy atom. The lowest BCUT2D eigenvalue weighted by molar-refractivity contribution is 0.168. The number of nitrogens with one attached hydrogen (secondary N) is 1. The highest BCUT2D eigenvalue weighted by molar-refractivity contribution is 4.90. The van der Waals surface area contributed by atoms with Gasteiger partial charge in [0.05, 0.1) is 6.61 Å². The maximum absolute atomic E-state index is 5.06. The van der Waals surface area contributed by atoms with Crippen LogP contribution in [0.2, 0.25) is 0 Å². The zero-order valence-electron chi connectivity index (χ0n) is 7.11. The zero-order chi connectivity index (χ0) is 7.61. The van der Waals surface area contributed by atoms with E-state index in [4.69, 9.17) is 4.74 Å². The summed E-state index contributed by atoms with van der Waals surface area (Å²) in [4.78, 5) is 0. The Morgan fingerprint density at radius 1 is 1.60 bits per heavy atom. The van der Waals surface area contributed by atoms with Crippen LogP contribution >= 0.6 is 0 Å². The fourth-order valence-corrected chi connectivity index (χ4v) is 1.56. The summed E-state index contributed by atoms with van der Waals surface area (Å²) >= 11 is 0. The first-order valence-corrected chi connectivity index (χ1v) is 3.91. The summed E-state index contributed by atoms with van der Waals surface area (Å²) in [7, 11) is 1.76. The van der Waals surface area contributed by atoms with E-state index in [1.807, 2.05) is 0 Å². The van der Waals surface area contributed by atoms with Gasteiger partial charge in [0.25, 0.3) is 0 Å². The van der Waals surface area contributed by atoms with E-state index < -0.39 is 0 Å². The lowest BCUT2D eigenvalue weighted by Crippen LogP contribution is -2.39. The number of hydrogen-bond donors (Lipinski definition) is 1. The minimum absolute atomic E-state index is 0.337. The van der Waals surface area contributed by atoms with Gasteiger partial charge in [0.2, 0.25) is 0 Å². The van der Waals surface area contributed by atoms with Gasteiger partial charge in [-0.15, -0.1) is 0 Å². The van der Waals surface area contributed by atoms with Crippen LogP contribution < -0.4 is 5.32 Å². The van der Waals surface area contributed by atoms with E-state index >= 15 is 0 Å². The molecule has 1 rings (SSSR count). The van der Waals surface area contributed by atoms with Crippen LogP contribution in [-0.4, -0.2) is 25.3 Å². The van der Waals surface area contributed by atoms with Crippen LogP contribution in [0.5, 0.6) is 0 Å². The molecule has 0 aliphatic carbocycles. The van der Waals surface area contributed by atoms with Crippen molar-refractivity contribution in [2.75, 3.05) is 13.7 Å². The van der Waals surface area contributed by atoms with Crippen molar-refractivity contribution in [2.24, 2.45) is 0 Å². The molecule has 10 heavy (non-hydrogen) atoms. The topological polar surface area (TPSA) is 21.3 Å². The average molecular weight is 143 g/mol. The Kier molecular flexibility index (Phi) is 2.32. The van der Waals surface area contributed by atoms with E-state index in [1.165, 1.54) is 12.8 Å². The molecule has 0 aromatic carbocycles. The van der Waals surface area contributed by atoms with Gasteiger partial charge in [-0.1, -0.05) is 0 Å². The van der Waals surface area contributed by atoms with Crippen molar-refractivity contribution < 1.29 is 4.74 Å². The molecular formula is C8H17NO. The predicted molar refractivity (Wildman–Crippen MR) is 42.1 cm³/mol. The fraction of sp³-hybridized carbons (Fsp3) is 1.00. The van der Waals surface area contributed by atoms with Crippen molar-refractivity contribution in [2.45, 2.75) is 38.3 Å². The fourth-order valence-electron chi connectivity index (χ4n) is 1.56. The third-order valence-electron chi connectivity index (χ3n) is 2.08. The van der Waals surface area contributed by atoms with Gasteiger partial charge in [-0.25, -0.2) is 0 Å². The lowest BCUT2D eigenvalue weighted by Gasteiger charge is -2.19. The van der Waals surface area contributed by atoms with Gasteiger partial charge in [0.1, 0.15) is 0 Å². The summed E-state index contributed by atoms with van der Waals surface area (Å²) < 4.78 is 5.06. The van der Waals surface area contributed by atoms with Crippen LogP contribution in [0.15, 0.2) is 0 Å². The van der Waals surface area contributed by atoms with Crippen LogP contribution in [0.3, 0.4) is 0 Å². The average Bonchev–Trinajstić information content (AvgIpc) is 2.12.